The van der Waals surface area contributed by atoms with E-state index >= 15 is 0 Å². The van der Waals surface area contributed by atoms with E-state index in [0.717, 1.165) is 38.8 Å². The monoisotopic (exact) mass is 330 g/mol. The summed E-state index contributed by atoms with van der Waals surface area (Å²) >= 11 is 0. The van der Waals surface area contributed by atoms with Crippen molar-refractivity contribution in [2.75, 3.05) is 20.1 Å². The molecule has 1 unspecified atom stereocenters. The minimum absolute atomic E-state index is 0.160. The van der Waals surface area contributed by atoms with Gasteiger partial charge in [0.25, 0.3) is 0 Å². The minimum atomic E-state index is -0.160. The number of benzene rings is 1. The summed E-state index contributed by atoms with van der Waals surface area (Å²) in [5.41, 5.74) is 6.88. The summed E-state index contributed by atoms with van der Waals surface area (Å²) in [6.45, 7) is 6.24. The highest BCUT2D eigenvalue weighted by molar-refractivity contribution is 5.54. The van der Waals surface area contributed by atoms with Crippen molar-refractivity contribution in [1.29, 1.82) is 0 Å². The smallest absolute Gasteiger partial charge is 0.0624 e. The molecule has 1 atom stereocenters. The van der Waals surface area contributed by atoms with E-state index in [0.29, 0.717) is 0 Å². The summed E-state index contributed by atoms with van der Waals surface area (Å²) in [5, 5.41) is 0. The molecule has 0 N–H and O–H groups in total. The molecule has 0 saturated heterocycles. The molecular weight excluding hydrogens is 304 g/mol. The van der Waals surface area contributed by atoms with Crippen molar-refractivity contribution < 1.29 is 0 Å². The fourth-order valence-electron chi connectivity index (χ4n) is 4.61. The quantitative estimate of drug-likeness (QED) is 0.780. The molecule has 2 heterocycles. The third-order valence-corrected chi connectivity index (χ3v) is 5.85. The first kappa shape index (κ1) is 16.3. The fraction of sp³-hybridized carbons (Fsp3) is 0.348. The van der Waals surface area contributed by atoms with Gasteiger partial charge in [-0.1, -0.05) is 48.1 Å². The van der Waals surface area contributed by atoms with Crippen LogP contribution in [0.15, 0.2) is 66.9 Å². The number of rotatable bonds is 3. The van der Waals surface area contributed by atoms with Crippen molar-refractivity contribution in [2.24, 2.45) is 0 Å². The highest BCUT2D eigenvalue weighted by Crippen LogP contribution is 2.48. The summed E-state index contributed by atoms with van der Waals surface area (Å²) in [5.74, 6) is 0. The number of pyridine rings is 1. The summed E-state index contributed by atoms with van der Waals surface area (Å²) in [4.78, 5) is 7.32. The van der Waals surface area contributed by atoms with Gasteiger partial charge in [-0.25, -0.2) is 0 Å². The molecule has 0 amide bonds. The van der Waals surface area contributed by atoms with E-state index in [9.17, 15) is 0 Å². The van der Waals surface area contributed by atoms with Crippen LogP contribution in [0.3, 0.4) is 0 Å². The van der Waals surface area contributed by atoms with Gasteiger partial charge in [0.15, 0.2) is 0 Å². The van der Waals surface area contributed by atoms with E-state index < -0.39 is 0 Å². The Bertz CT molecular complexity index is 771. The standard InChI is InChI=1S/C23H26N2/c1-3-14-23(20-12-16-25(2)17-13-20)21-9-5-4-7-18(21)10-11-19-8-6-15-24-22(19)23/h3-9,12,15H,1,10-11,13-14,16-17H2,2H3. The van der Waals surface area contributed by atoms with Crippen LogP contribution in [0.1, 0.15) is 35.2 Å². The van der Waals surface area contributed by atoms with E-state index in [1.807, 2.05) is 6.20 Å². The molecule has 0 radical (unpaired) electrons. The third-order valence-electron chi connectivity index (χ3n) is 5.85. The van der Waals surface area contributed by atoms with Crippen LogP contribution in [0.4, 0.5) is 0 Å². The molecule has 2 aliphatic rings. The first-order valence-electron chi connectivity index (χ1n) is 9.27. The molecule has 4 rings (SSSR count). The SMILES string of the molecule is C=CCC1(C2=CCN(C)CC2)c2ccccc2CCc2cccnc21. The number of allylic oxidation sites excluding steroid dienone is 1. The number of hydrogen-bond donors (Lipinski definition) is 0. The minimum Gasteiger partial charge on any atom is -0.302 e. The van der Waals surface area contributed by atoms with E-state index in [1.54, 1.807) is 0 Å². The van der Waals surface area contributed by atoms with Gasteiger partial charge in [0.05, 0.1) is 11.1 Å². The lowest BCUT2D eigenvalue weighted by Gasteiger charge is -2.40. The van der Waals surface area contributed by atoms with Crippen molar-refractivity contribution in [3.63, 3.8) is 0 Å². The lowest BCUT2D eigenvalue weighted by molar-refractivity contribution is 0.344. The summed E-state index contributed by atoms with van der Waals surface area (Å²) in [7, 11) is 2.20. The van der Waals surface area contributed by atoms with Gasteiger partial charge in [-0.15, -0.1) is 6.58 Å². The molecule has 1 aromatic heterocycles. The molecule has 1 aliphatic heterocycles. The molecule has 2 nitrogen and oxygen atoms in total. The first-order valence-corrected chi connectivity index (χ1v) is 9.27. The van der Waals surface area contributed by atoms with Crippen molar-refractivity contribution >= 4 is 0 Å². The molecule has 128 valence electrons. The molecular formula is C23H26N2. The number of hydrogen-bond acceptors (Lipinski definition) is 2. The van der Waals surface area contributed by atoms with Crippen molar-refractivity contribution in [3.8, 4) is 0 Å². The van der Waals surface area contributed by atoms with Gasteiger partial charge in [0.1, 0.15) is 0 Å². The van der Waals surface area contributed by atoms with E-state index in [-0.39, 0.29) is 5.41 Å². The van der Waals surface area contributed by atoms with Crippen molar-refractivity contribution in [2.45, 2.75) is 31.1 Å². The maximum atomic E-state index is 4.94. The van der Waals surface area contributed by atoms with E-state index in [4.69, 9.17) is 4.98 Å². The van der Waals surface area contributed by atoms with Crippen LogP contribution >= 0.6 is 0 Å². The zero-order chi connectivity index (χ0) is 17.3. The zero-order valence-corrected chi connectivity index (χ0v) is 15.0. The summed E-state index contributed by atoms with van der Waals surface area (Å²) < 4.78 is 0. The second-order valence-electron chi connectivity index (χ2n) is 7.31. The van der Waals surface area contributed by atoms with Crippen LogP contribution < -0.4 is 0 Å². The predicted molar refractivity (Wildman–Crippen MR) is 104 cm³/mol. The van der Waals surface area contributed by atoms with Crippen LogP contribution in [-0.4, -0.2) is 30.0 Å². The highest BCUT2D eigenvalue weighted by atomic mass is 15.1. The lowest BCUT2D eigenvalue weighted by Crippen LogP contribution is -2.37. The Morgan fingerprint density at radius 2 is 1.92 bits per heavy atom. The van der Waals surface area contributed by atoms with Gasteiger partial charge in [-0.2, -0.15) is 0 Å². The Morgan fingerprint density at radius 1 is 1.12 bits per heavy atom. The Kier molecular flexibility index (Phi) is 4.30. The van der Waals surface area contributed by atoms with Crippen molar-refractivity contribution in [1.82, 2.24) is 9.88 Å². The number of aryl methyl sites for hydroxylation is 2. The average Bonchev–Trinajstić information content (AvgIpc) is 2.79. The van der Waals surface area contributed by atoms with Gasteiger partial charge < -0.3 is 4.90 Å². The highest BCUT2D eigenvalue weighted by Gasteiger charge is 2.42. The predicted octanol–water partition coefficient (Wildman–Crippen LogP) is 4.30. The number of fused-ring (bicyclic) bond motifs is 2. The average molecular weight is 330 g/mol. The Balaban J connectivity index is 2.02. The van der Waals surface area contributed by atoms with Gasteiger partial charge in [0, 0.05) is 19.3 Å². The molecule has 2 heteroatoms. The molecule has 1 aromatic carbocycles. The lowest BCUT2D eigenvalue weighted by atomic mass is 9.66. The fourth-order valence-corrected chi connectivity index (χ4v) is 4.61. The third kappa shape index (κ3) is 2.65. The van der Waals surface area contributed by atoms with Crippen LogP contribution in [0.2, 0.25) is 0 Å². The zero-order valence-electron chi connectivity index (χ0n) is 15.0. The van der Waals surface area contributed by atoms with Gasteiger partial charge in [-0.05, 0) is 55.5 Å². The Labute approximate surface area is 150 Å². The maximum Gasteiger partial charge on any atom is 0.0624 e. The Morgan fingerprint density at radius 3 is 2.72 bits per heavy atom. The molecule has 0 bridgehead atoms. The number of likely N-dealkylation sites (N-methyl/N-ethyl adjacent to an activating group) is 1. The largest absolute Gasteiger partial charge is 0.302 e. The first-order chi connectivity index (χ1) is 12.3. The number of aromatic nitrogens is 1. The Hall–Kier alpha value is -2.19. The summed E-state index contributed by atoms with van der Waals surface area (Å²) in [6, 6.07) is 13.3. The second kappa shape index (κ2) is 6.61. The molecule has 0 fully saturated rings. The second-order valence-corrected chi connectivity index (χ2v) is 7.31. The van der Waals surface area contributed by atoms with E-state index in [2.05, 4.69) is 67.1 Å². The molecule has 25 heavy (non-hydrogen) atoms. The normalized spacial score (nSPS) is 23.2. The number of nitrogens with zero attached hydrogens (tertiary/aromatic N) is 2. The topological polar surface area (TPSA) is 16.1 Å². The molecule has 1 aliphatic carbocycles. The van der Waals surface area contributed by atoms with Crippen molar-refractivity contribution in [3.05, 3.63) is 89.3 Å². The van der Waals surface area contributed by atoms with Gasteiger partial charge >= 0.3 is 0 Å². The van der Waals surface area contributed by atoms with Gasteiger partial charge in [-0.3, -0.25) is 4.98 Å². The maximum absolute atomic E-state index is 4.94. The van der Waals surface area contributed by atoms with Crippen LogP contribution in [-0.2, 0) is 18.3 Å². The molecule has 2 aromatic rings. The van der Waals surface area contributed by atoms with Crippen LogP contribution in [0, 0.1) is 0 Å². The van der Waals surface area contributed by atoms with Crippen LogP contribution in [0.25, 0.3) is 0 Å². The van der Waals surface area contributed by atoms with E-state index in [1.165, 1.54) is 28.0 Å². The van der Waals surface area contributed by atoms with Gasteiger partial charge in [0.2, 0.25) is 0 Å². The molecule has 0 saturated carbocycles. The summed E-state index contributed by atoms with van der Waals surface area (Å²) in [6.07, 6.45) is 10.6. The van der Waals surface area contributed by atoms with Crippen LogP contribution in [0.5, 0.6) is 0 Å². The molecule has 0 spiro atoms.